The largest absolute Gasteiger partial charge is 0.500 e. The van der Waals surface area contributed by atoms with Crippen LogP contribution in [0.5, 0.6) is 0 Å². The van der Waals surface area contributed by atoms with Gasteiger partial charge in [0, 0.05) is 67.9 Å². The van der Waals surface area contributed by atoms with Gasteiger partial charge in [0.2, 0.25) is 0 Å². The smallest absolute Gasteiger partial charge is 0.338 e. The van der Waals surface area contributed by atoms with E-state index in [9.17, 15) is 14.4 Å². The zero-order valence-corrected chi connectivity index (χ0v) is 32.2. The fraction of sp³-hybridized carbons (Fsp3) is 0.744. The van der Waals surface area contributed by atoms with Crippen molar-refractivity contribution in [3.05, 3.63) is 35.5 Å². The molecular weight excluding hydrogens is 692 g/mol. The molecule has 3 aliphatic heterocycles. The fourth-order valence-electron chi connectivity index (χ4n) is 13.6. The second kappa shape index (κ2) is 10.9. The molecule has 7 fully saturated rings. The van der Waals surface area contributed by atoms with E-state index in [1.54, 1.807) is 13.0 Å². The SMILES string of the molecule is COC(=O)CC1C2(C)CC34OC5(C)OC67C(C(=C(OC)C(C)C)C(=O)OC6C3(OC)C2OC(C)=O)C(C)(C(OC(C)=O)c2ccoc2)CCC7(O5)C14C. The van der Waals surface area contributed by atoms with Crippen LogP contribution in [0.2, 0.25) is 0 Å². The number of hydrogen-bond donors (Lipinski definition) is 0. The van der Waals surface area contributed by atoms with Gasteiger partial charge in [-0.15, -0.1) is 0 Å². The van der Waals surface area contributed by atoms with Gasteiger partial charge in [-0.1, -0.05) is 34.6 Å². The quantitative estimate of drug-likeness (QED) is 0.148. The molecule has 1 aromatic rings. The number of esters is 4. The molecule has 3 saturated heterocycles. The molecule has 0 aromatic carbocycles. The molecule has 290 valence electrons. The second-order valence-corrected chi connectivity index (χ2v) is 17.2. The van der Waals surface area contributed by atoms with Crippen molar-refractivity contribution in [1.82, 2.24) is 0 Å². The molecule has 14 heteroatoms. The third-order valence-electron chi connectivity index (χ3n) is 14.7. The third kappa shape index (κ3) is 3.75. The van der Waals surface area contributed by atoms with Crippen molar-refractivity contribution in [3.63, 3.8) is 0 Å². The first-order valence-corrected chi connectivity index (χ1v) is 18.4. The van der Waals surface area contributed by atoms with Crippen molar-refractivity contribution in [2.45, 2.75) is 128 Å². The van der Waals surface area contributed by atoms with Crippen molar-refractivity contribution in [3.8, 4) is 0 Å². The summed E-state index contributed by atoms with van der Waals surface area (Å²) >= 11 is 0. The normalized spacial score (nSPS) is 48.2. The maximum Gasteiger partial charge on any atom is 0.338 e. The van der Waals surface area contributed by atoms with E-state index in [1.165, 1.54) is 47.7 Å². The number of rotatable bonds is 9. The molecule has 0 radical (unpaired) electrons. The standard InChI is InChI=1S/C39H50O14/c1-19(2)26(45-10)25-27-32(5,28(48-20(3)40)22-12-15-47-17-22)13-14-36-34(7)23(16-24(42)44-9)33(6)18-37(34)39(46-11,30(33)49-21(4)41)31(50-29(25)43)38(27,36)53-35(8,51-36)52-37/h12,15,17,19,23,27-28,30-31H,13-14,16,18H2,1-11H3. The van der Waals surface area contributed by atoms with Crippen molar-refractivity contribution < 1.29 is 66.2 Å². The summed E-state index contributed by atoms with van der Waals surface area (Å²) < 4.78 is 65.0. The molecule has 13 atom stereocenters. The minimum absolute atomic E-state index is 0.0560. The number of methoxy groups -OCH3 is 3. The lowest BCUT2D eigenvalue weighted by Crippen LogP contribution is -2.94. The Balaban J connectivity index is 1.53. The van der Waals surface area contributed by atoms with Crippen LogP contribution in [0, 0.1) is 34.0 Å². The Kier molecular flexibility index (Phi) is 7.48. The van der Waals surface area contributed by atoms with Crippen LogP contribution in [0.4, 0.5) is 0 Å². The van der Waals surface area contributed by atoms with Crippen LogP contribution in [-0.2, 0) is 61.8 Å². The third-order valence-corrected chi connectivity index (χ3v) is 14.7. The minimum Gasteiger partial charge on any atom is -0.500 e. The zero-order valence-electron chi connectivity index (χ0n) is 32.2. The lowest BCUT2D eigenvalue weighted by molar-refractivity contribution is -0.480. The monoisotopic (exact) mass is 742 g/mol. The number of carbonyl (C=O) groups excluding carboxylic acids is 4. The summed E-state index contributed by atoms with van der Waals surface area (Å²) in [6.45, 7) is 14.2. The van der Waals surface area contributed by atoms with Crippen LogP contribution in [0.15, 0.2) is 34.3 Å². The summed E-state index contributed by atoms with van der Waals surface area (Å²) in [6, 6.07) is 1.73. The minimum atomic E-state index is -1.72. The Hall–Kier alpha value is -3.46. The van der Waals surface area contributed by atoms with E-state index in [4.69, 9.17) is 47.0 Å². The summed E-state index contributed by atoms with van der Waals surface area (Å²) in [5.41, 5.74) is -8.45. The highest BCUT2D eigenvalue weighted by Crippen LogP contribution is 2.90. The van der Waals surface area contributed by atoms with Gasteiger partial charge in [0.05, 0.1) is 32.3 Å². The molecule has 4 aliphatic carbocycles. The average Bonchev–Trinajstić information content (AvgIpc) is 3.77. The van der Waals surface area contributed by atoms with Gasteiger partial charge >= 0.3 is 23.9 Å². The number of hydrogen-bond acceptors (Lipinski definition) is 14. The first-order valence-electron chi connectivity index (χ1n) is 18.4. The summed E-state index contributed by atoms with van der Waals surface area (Å²) in [6.07, 6.45) is 0.566. The number of allylic oxidation sites excluding steroid dienone is 1. The van der Waals surface area contributed by atoms with E-state index in [2.05, 4.69) is 6.92 Å². The van der Waals surface area contributed by atoms with Gasteiger partial charge in [0.15, 0.2) is 17.3 Å². The predicted molar refractivity (Wildman–Crippen MR) is 179 cm³/mol. The zero-order chi connectivity index (χ0) is 38.5. The van der Waals surface area contributed by atoms with Crippen LogP contribution in [-0.4, -0.2) is 85.8 Å². The number of fused-ring (bicyclic) bond motifs is 3. The predicted octanol–water partition coefficient (Wildman–Crippen LogP) is 4.69. The first kappa shape index (κ1) is 36.5. The summed E-state index contributed by atoms with van der Waals surface area (Å²) in [5.74, 6) is -5.47. The van der Waals surface area contributed by atoms with Crippen LogP contribution in [0.3, 0.4) is 0 Å². The number of ether oxygens (including phenoxy) is 9. The van der Waals surface area contributed by atoms with E-state index >= 15 is 4.79 Å². The van der Waals surface area contributed by atoms with Crippen molar-refractivity contribution >= 4 is 23.9 Å². The molecule has 53 heavy (non-hydrogen) atoms. The summed E-state index contributed by atoms with van der Waals surface area (Å²) in [7, 11) is 4.35. The molecule has 4 saturated carbocycles. The first-order chi connectivity index (χ1) is 24.8. The van der Waals surface area contributed by atoms with Gasteiger partial charge in [-0.05, 0) is 31.2 Å². The number of furan rings is 1. The highest BCUT2D eigenvalue weighted by Gasteiger charge is 3.05. The van der Waals surface area contributed by atoms with E-state index in [0.717, 1.165) is 0 Å². The van der Waals surface area contributed by atoms with Crippen molar-refractivity contribution in [2.75, 3.05) is 21.3 Å². The molecule has 7 aliphatic rings. The van der Waals surface area contributed by atoms with Gasteiger partial charge in [0.25, 0.3) is 5.97 Å². The second-order valence-electron chi connectivity index (χ2n) is 17.2. The van der Waals surface area contributed by atoms with Crippen LogP contribution in [0.25, 0.3) is 0 Å². The lowest BCUT2D eigenvalue weighted by atomic mass is 9.33. The Labute approximate surface area is 308 Å². The fourth-order valence-corrected chi connectivity index (χ4v) is 13.6. The van der Waals surface area contributed by atoms with E-state index in [0.29, 0.717) is 24.2 Å². The molecule has 0 amide bonds. The van der Waals surface area contributed by atoms with Crippen LogP contribution >= 0.6 is 0 Å². The topological polar surface area (TPSA) is 164 Å². The maximum absolute atomic E-state index is 15.1. The van der Waals surface area contributed by atoms with Crippen molar-refractivity contribution in [1.29, 1.82) is 0 Å². The van der Waals surface area contributed by atoms with E-state index in [1.807, 2.05) is 27.7 Å². The molecule has 14 nitrogen and oxygen atoms in total. The molecule has 8 rings (SSSR count). The van der Waals surface area contributed by atoms with Gasteiger partial charge in [-0.2, -0.15) is 0 Å². The van der Waals surface area contributed by atoms with Gasteiger partial charge in [-0.3, -0.25) is 14.4 Å². The Morgan fingerprint density at radius 2 is 1.64 bits per heavy atom. The highest BCUT2D eigenvalue weighted by atomic mass is 16.9. The van der Waals surface area contributed by atoms with Gasteiger partial charge in [-0.25, -0.2) is 4.79 Å². The molecule has 0 N–H and O–H groups in total. The molecule has 4 heterocycles. The van der Waals surface area contributed by atoms with E-state index in [-0.39, 0.29) is 24.3 Å². The summed E-state index contributed by atoms with van der Waals surface area (Å²) in [4.78, 5) is 54.8. The Bertz CT molecular complexity index is 1820. The molecular formula is C39H50O14. The molecule has 1 aromatic heterocycles. The van der Waals surface area contributed by atoms with Gasteiger partial charge < -0.3 is 47.0 Å². The molecule has 3 spiro atoms. The summed E-state index contributed by atoms with van der Waals surface area (Å²) in [5, 5.41) is 0. The van der Waals surface area contributed by atoms with Crippen LogP contribution < -0.4 is 0 Å². The molecule has 13 unspecified atom stereocenters. The average molecular weight is 743 g/mol. The number of carbonyl (C=O) groups is 4. The van der Waals surface area contributed by atoms with E-state index < -0.39 is 98.6 Å². The maximum atomic E-state index is 15.1. The van der Waals surface area contributed by atoms with Crippen molar-refractivity contribution in [2.24, 2.45) is 34.0 Å². The molecule has 4 bridgehead atoms. The Morgan fingerprint density at radius 1 is 0.943 bits per heavy atom. The van der Waals surface area contributed by atoms with Crippen LogP contribution in [0.1, 0.15) is 92.7 Å². The lowest BCUT2D eigenvalue weighted by Gasteiger charge is -2.78. The highest BCUT2D eigenvalue weighted by molar-refractivity contribution is 5.92. The van der Waals surface area contributed by atoms with Gasteiger partial charge in [0.1, 0.15) is 29.2 Å². The Morgan fingerprint density at radius 3 is 2.21 bits per heavy atom.